The first-order valence-electron chi connectivity index (χ1n) is 8.34. The Morgan fingerprint density at radius 3 is 2.88 bits per heavy atom. The SMILES string of the molecule is COc1ccc(N2CCCS2(=O)=O)cc1NC(=O)NC[C@@H]1CCCO1. The quantitative estimate of drug-likeness (QED) is 0.820. The number of nitrogens with one attached hydrogen (secondary N) is 2. The van der Waals surface area contributed by atoms with E-state index in [1.807, 2.05) is 0 Å². The highest BCUT2D eigenvalue weighted by Gasteiger charge is 2.29. The predicted octanol–water partition coefficient (Wildman–Crippen LogP) is 1.54. The summed E-state index contributed by atoms with van der Waals surface area (Å²) in [5.41, 5.74) is 0.944. The Hall–Kier alpha value is -2.00. The van der Waals surface area contributed by atoms with Crippen molar-refractivity contribution in [1.29, 1.82) is 0 Å². The molecule has 9 heteroatoms. The van der Waals surface area contributed by atoms with Crippen molar-refractivity contribution in [1.82, 2.24) is 5.32 Å². The smallest absolute Gasteiger partial charge is 0.319 e. The van der Waals surface area contributed by atoms with Crippen LogP contribution in [0.2, 0.25) is 0 Å². The number of anilines is 2. The van der Waals surface area contributed by atoms with Gasteiger partial charge in [0.05, 0.1) is 30.3 Å². The van der Waals surface area contributed by atoms with Crippen molar-refractivity contribution in [2.75, 3.05) is 42.2 Å². The molecule has 2 fully saturated rings. The number of methoxy groups -OCH3 is 1. The molecule has 0 radical (unpaired) electrons. The third-order valence-corrected chi connectivity index (χ3v) is 6.20. The van der Waals surface area contributed by atoms with Gasteiger partial charge in [0.2, 0.25) is 10.0 Å². The first-order chi connectivity index (χ1) is 12.0. The average Bonchev–Trinajstić information content (AvgIpc) is 3.22. The third kappa shape index (κ3) is 4.16. The first kappa shape index (κ1) is 17.8. The fourth-order valence-electron chi connectivity index (χ4n) is 3.06. The molecule has 1 atom stereocenters. The molecule has 1 aromatic carbocycles. The van der Waals surface area contributed by atoms with Crippen LogP contribution in [0.1, 0.15) is 19.3 Å². The largest absolute Gasteiger partial charge is 0.495 e. The molecule has 0 aliphatic carbocycles. The number of carbonyl (C=O) groups excluding carboxylic acids is 1. The number of carbonyl (C=O) groups is 1. The lowest BCUT2D eigenvalue weighted by atomic mass is 10.2. The zero-order valence-electron chi connectivity index (χ0n) is 14.2. The molecule has 0 spiro atoms. The number of nitrogens with zero attached hydrogens (tertiary/aromatic N) is 1. The van der Waals surface area contributed by atoms with Gasteiger partial charge in [-0.3, -0.25) is 4.31 Å². The van der Waals surface area contributed by atoms with Crippen LogP contribution in [0.15, 0.2) is 18.2 Å². The van der Waals surface area contributed by atoms with Crippen molar-refractivity contribution in [3.63, 3.8) is 0 Å². The van der Waals surface area contributed by atoms with Crippen LogP contribution in [-0.2, 0) is 14.8 Å². The topological polar surface area (TPSA) is 97.0 Å². The van der Waals surface area contributed by atoms with Gasteiger partial charge in [-0.15, -0.1) is 0 Å². The van der Waals surface area contributed by atoms with Crippen LogP contribution >= 0.6 is 0 Å². The molecule has 2 heterocycles. The molecule has 3 rings (SSSR count). The summed E-state index contributed by atoms with van der Waals surface area (Å²) in [6, 6.07) is 4.57. The Balaban J connectivity index is 1.70. The van der Waals surface area contributed by atoms with Crippen LogP contribution in [0.25, 0.3) is 0 Å². The lowest BCUT2D eigenvalue weighted by Gasteiger charge is -2.19. The first-order valence-corrected chi connectivity index (χ1v) is 9.95. The van der Waals surface area contributed by atoms with Crippen LogP contribution in [0.3, 0.4) is 0 Å². The summed E-state index contributed by atoms with van der Waals surface area (Å²) in [6.07, 6.45) is 2.59. The van der Waals surface area contributed by atoms with Crippen molar-refractivity contribution in [2.45, 2.75) is 25.4 Å². The Kier molecular flexibility index (Phi) is 5.33. The van der Waals surface area contributed by atoms with Crippen LogP contribution in [-0.4, -0.2) is 53.1 Å². The van der Waals surface area contributed by atoms with Gasteiger partial charge in [-0.1, -0.05) is 0 Å². The molecule has 2 N–H and O–H groups in total. The van der Waals surface area contributed by atoms with E-state index in [4.69, 9.17) is 9.47 Å². The standard InChI is InChI=1S/C16H23N3O5S/c1-23-15-6-5-12(19-7-3-9-25(19,21)22)10-14(15)18-16(20)17-11-13-4-2-8-24-13/h5-6,10,13H,2-4,7-9,11H2,1H3,(H2,17,18,20)/t13-/m0/s1. The van der Waals surface area contributed by atoms with Gasteiger partial charge in [0.25, 0.3) is 0 Å². The maximum absolute atomic E-state index is 12.1. The van der Waals surface area contributed by atoms with Crippen molar-refractivity contribution in [2.24, 2.45) is 0 Å². The average molecular weight is 369 g/mol. The van der Waals surface area contributed by atoms with Crippen LogP contribution in [0, 0.1) is 0 Å². The highest BCUT2D eigenvalue weighted by molar-refractivity contribution is 7.93. The number of benzene rings is 1. The van der Waals surface area contributed by atoms with Crippen LogP contribution in [0.4, 0.5) is 16.2 Å². The number of ether oxygens (including phenoxy) is 2. The Morgan fingerprint density at radius 1 is 1.40 bits per heavy atom. The number of rotatable bonds is 5. The number of amides is 2. The number of urea groups is 1. The number of hydrogen-bond donors (Lipinski definition) is 2. The van der Waals surface area contributed by atoms with E-state index < -0.39 is 10.0 Å². The van der Waals surface area contributed by atoms with E-state index in [1.54, 1.807) is 18.2 Å². The van der Waals surface area contributed by atoms with E-state index in [2.05, 4.69) is 10.6 Å². The minimum Gasteiger partial charge on any atom is -0.495 e. The highest BCUT2D eigenvalue weighted by Crippen LogP contribution is 2.32. The summed E-state index contributed by atoms with van der Waals surface area (Å²) in [7, 11) is -1.78. The molecule has 8 nitrogen and oxygen atoms in total. The zero-order valence-corrected chi connectivity index (χ0v) is 15.0. The summed E-state index contributed by atoms with van der Waals surface area (Å²) < 4.78 is 36.3. The maximum atomic E-state index is 12.1. The summed E-state index contributed by atoms with van der Waals surface area (Å²) >= 11 is 0. The van der Waals surface area contributed by atoms with E-state index in [0.29, 0.717) is 36.6 Å². The summed E-state index contributed by atoms with van der Waals surface area (Å²) in [5.74, 6) is 0.608. The summed E-state index contributed by atoms with van der Waals surface area (Å²) in [6.45, 7) is 1.61. The summed E-state index contributed by atoms with van der Waals surface area (Å²) in [4.78, 5) is 12.1. The van der Waals surface area contributed by atoms with Crippen molar-refractivity contribution < 1.29 is 22.7 Å². The molecule has 138 valence electrons. The fourth-order valence-corrected chi connectivity index (χ4v) is 4.61. The molecule has 2 saturated heterocycles. The highest BCUT2D eigenvalue weighted by atomic mass is 32.2. The van der Waals surface area contributed by atoms with Gasteiger partial charge in [0.1, 0.15) is 5.75 Å². The van der Waals surface area contributed by atoms with Gasteiger partial charge >= 0.3 is 6.03 Å². The Bertz CT molecular complexity index is 731. The molecule has 2 aliphatic rings. The zero-order chi connectivity index (χ0) is 17.9. The molecule has 1 aromatic rings. The normalized spacial score (nSPS) is 22.0. The second kappa shape index (κ2) is 7.49. The van der Waals surface area contributed by atoms with Gasteiger partial charge in [-0.25, -0.2) is 13.2 Å². The van der Waals surface area contributed by atoms with E-state index in [0.717, 1.165) is 19.4 Å². The number of hydrogen-bond acceptors (Lipinski definition) is 5. The van der Waals surface area contributed by atoms with E-state index in [-0.39, 0.29) is 17.9 Å². The molecule has 2 aliphatic heterocycles. The molecular weight excluding hydrogens is 346 g/mol. The van der Waals surface area contributed by atoms with E-state index in [1.165, 1.54) is 11.4 Å². The molecule has 0 saturated carbocycles. The molecule has 0 aromatic heterocycles. The van der Waals surface area contributed by atoms with Crippen molar-refractivity contribution in [3.05, 3.63) is 18.2 Å². The van der Waals surface area contributed by atoms with Gasteiger partial charge in [0.15, 0.2) is 0 Å². The van der Waals surface area contributed by atoms with E-state index in [9.17, 15) is 13.2 Å². The molecule has 25 heavy (non-hydrogen) atoms. The maximum Gasteiger partial charge on any atom is 0.319 e. The van der Waals surface area contributed by atoms with Gasteiger partial charge in [0, 0.05) is 19.7 Å². The predicted molar refractivity (Wildman–Crippen MR) is 94.7 cm³/mol. The van der Waals surface area contributed by atoms with E-state index >= 15 is 0 Å². The number of sulfonamides is 1. The van der Waals surface area contributed by atoms with Crippen molar-refractivity contribution >= 4 is 27.4 Å². The fraction of sp³-hybridized carbons (Fsp3) is 0.562. The van der Waals surface area contributed by atoms with Gasteiger partial charge in [-0.05, 0) is 37.5 Å². The Labute approximate surface area is 147 Å². The minimum atomic E-state index is -3.28. The minimum absolute atomic E-state index is 0.0497. The second-order valence-electron chi connectivity index (χ2n) is 6.10. The van der Waals surface area contributed by atoms with Gasteiger partial charge < -0.3 is 20.1 Å². The monoisotopic (exact) mass is 369 g/mol. The van der Waals surface area contributed by atoms with Crippen molar-refractivity contribution in [3.8, 4) is 5.75 Å². The molecule has 2 amide bonds. The lowest BCUT2D eigenvalue weighted by Crippen LogP contribution is -2.35. The molecular formula is C16H23N3O5S. The molecule has 0 bridgehead atoms. The van der Waals surface area contributed by atoms with Gasteiger partial charge in [-0.2, -0.15) is 0 Å². The summed E-state index contributed by atoms with van der Waals surface area (Å²) in [5, 5.41) is 5.49. The molecule has 0 unspecified atom stereocenters. The Morgan fingerprint density at radius 2 is 2.24 bits per heavy atom. The van der Waals surface area contributed by atoms with Crippen LogP contribution < -0.4 is 19.7 Å². The lowest BCUT2D eigenvalue weighted by molar-refractivity contribution is 0.112. The third-order valence-electron chi connectivity index (χ3n) is 4.33. The second-order valence-corrected chi connectivity index (χ2v) is 8.11. The van der Waals surface area contributed by atoms with Crippen LogP contribution in [0.5, 0.6) is 5.75 Å².